The summed E-state index contributed by atoms with van der Waals surface area (Å²) in [6.45, 7) is 4.68. The van der Waals surface area contributed by atoms with Gasteiger partial charge in [-0.3, -0.25) is 14.4 Å². The summed E-state index contributed by atoms with van der Waals surface area (Å²) in [5.74, 6) is -0.585. The molecule has 2 fully saturated rings. The zero-order valence-electron chi connectivity index (χ0n) is 22.5. The highest BCUT2D eigenvalue weighted by molar-refractivity contribution is 6.30. The number of nitrogens with zero attached hydrogens (tertiary/aromatic N) is 4. The molecule has 2 saturated heterocycles. The third kappa shape index (κ3) is 4.58. The van der Waals surface area contributed by atoms with E-state index in [9.17, 15) is 14.4 Å². The maximum atomic E-state index is 15.9. The summed E-state index contributed by atoms with van der Waals surface area (Å²) < 4.78 is 23.8. The van der Waals surface area contributed by atoms with Crippen LogP contribution in [-0.4, -0.2) is 78.5 Å². The van der Waals surface area contributed by atoms with E-state index in [2.05, 4.69) is 17.3 Å². The van der Waals surface area contributed by atoms with Crippen LogP contribution in [0.25, 0.3) is 16.6 Å². The standard InChI is InChI=1S/C29H31ClFN5O4/c1-17(37)34-10-12-35(13-11-34)26-22(31)15-20-25-28(26)40-24-14-18(30)5-6-23(24)36(25)16-21(27(20)38)29(39)32-8-7-19-4-3-9-33(19)2/h5-6,14-16,19H,3-4,7-13H2,1-2H3,(H,32,39). The second kappa shape index (κ2) is 10.4. The molecule has 0 saturated carbocycles. The van der Waals surface area contributed by atoms with Crippen molar-refractivity contribution in [2.24, 2.45) is 0 Å². The molecule has 1 unspecified atom stereocenters. The van der Waals surface area contributed by atoms with Crippen LogP contribution in [0.3, 0.4) is 0 Å². The Hall–Kier alpha value is -3.63. The molecule has 1 atom stereocenters. The molecule has 210 valence electrons. The Balaban J connectivity index is 1.42. The van der Waals surface area contributed by atoms with Crippen molar-refractivity contribution in [3.63, 3.8) is 0 Å². The average Bonchev–Trinajstić information content (AvgIpc) is 3.34. The molecule has 1 aromatic heterocycles. The molecule has 1 N–H and O–H groups in total. The highest BCUT2D eigenvalue weighted by atomic mass is 35.5. The van der Waals surface area contributed by atoms with Gasteiger partial charge in [0.1, 0.15) is 16.8 Å². The molecule has 0 spiro atoms. The molecule has 40 heavy (non-hydrogen) atoms. The van der Waals surface area contributed by atoms with Crippen LogP contribution in [0.1, 0.15) is 36.5 Å². The number of aromatic nitrogens is 1. The van der Waals surface area contributed by atoms with Crippen LogP contribution in [-0.2, 0) is 4.79 Å². The summed E-state index contributed by atoms with van der Waals surface area (Å²) >= 11 is 6.27. The summed E-state index contributed by atoms with van der Waals surface area (Å²) in [6, 6.07) is 6.67. The lowest BCUT2D eigenvalue weighted by molar-refractivity contribution is -0.129. The zero-order chi connectivity index (χ0) is 28.1. The van der Waals surface area contributed by atoms with Crippen molar-refractivity contribution < 1.29 is 18.7 Å². The van der Waals surface area contributed by atoms with Gasteiger partial charge in [0.25, 0.3) is 5.91 Å². The Bertz CT molecular complexity index is 1580. The van der Waals surface area contributed by atoms with Gasteiger partial charge in [0.15, 0.2) is 17.3 Å². The van der Waals surface area contributed by atoms with Crippen molar-refractivity contribution in [3.05, 3.63) is 57.1 Å². The molecule has 6 rings (SSSR count). The highest BCUT2D eigenvalue weighted by Gasteiger charge is 2.32. The molecule has 2 amide bonds. The lowest BCUT2D eigenvalue weighted by atomic mass is 10.0. The first-order valence-electron chi connectivity index (χ1n) is 13.6. The van der Waals surface area contributed by atoms with E-state index in [-0.39, 0.29) is 28.3 Å². The molecular weight excluding hydrogens is 537 g/mol. The van der Waals surface area contributed by atoms with E-state index in [1.54, 1.807) is 27.7 Å². The summed E-state index contributed by atoms with van der Waals surface area (Å²) in [6.07, 6.45) is 4.52. The molecule has 9 nitrogen and oxygen atoms in total. The van der Waals surface area contributed by atoms with Gasteiger partial charge in [-0.05, 0) is 51.1 Å². The lowest BCUT2D eigenvalue weighted by Crippen LogP contribution is -2.48. The lowest BCUT2D eigenvalue weighted by Gasteiger charge is -2.37. The predicted octanol–water partition coefficient (Wildman–Crippen LogP) is 3.77. The molecule has 3 aliphatic rings. The fraction of sp³-hybridized carbons (Fsp3) is 0.414. The molecule has 11 heteroatoms. The quantitative estimate of drug-likeness (QED) is 0.395. The summed E-state index contributed by atoms with van der Waals surface area (Å²) in [7, 11) is 2.08. The molecule has 4 heterocycles. The first kappa shape index (κ1) is 26.6. The van der Waals surface area contributed by atoms with Gasteiger partial charge >= 0.3 is 0 Å². The van der Waals surface area contributed by atoms with Crippen LogP contribution in [0.15, 0.2) is 35.3 Å². The van der Waals surface area contributed by atoms with Gasteiger partial charge in [-0.25, -0.2) is 4.39 Å². The van der Waals surface area contributed by atoms with Crippen molar-refractivity contribution >= 4 is 40.0 Å². The number of halogens is 2. The zero-order valence-corrected chi connectivity index (χ0v) is 23.3. The van der Waals surface area contributed by atoms with Crippen molar-refractivity contribution in [1.29, 1.82) is 0 Å². The van der Waals surface area contributed by atoms with E-state index < -0.39 is 17.2 Å². The average molecular weight is 568 g/mol. The summed E-state index contributed by atoms with van der Waals surface area (Å²) in [5.41, 5.74) is 0.559. The van der Waals surface area contributed by atoms with E-state index in [1.807, 2.05) is 4.90 Å². The van der Waals surface area contributed by atoms with E-state index in [4.69, 9.17) is 16.3 Å². The molecule has 0 radical (unpaired) electrons. The Labute approximate surface area is 236 Å². The Morgan fingerprint density at radius 1 is 1.15 bits per heavy atom. The number of carbonyl (C=O) groups is 2. The monoisotopic (exact) mass is 567 g/mol. The third-order valence-electron chi connectivity index (χ3n) is 8.28. The van der Waals surface area contributed by atoms with Crippen LogP contribution in [0, 0.1) is 5.82 Å². The number of hydrogen-bond acceptors (Lipinski definition) is 6. The normalized spacial score (nSPS) is 18.6. The van der Waals surface area contributed by atoms with Gasteiger partial charge < -0.3 is 29.3 Å². The Kier molecular flexibility index (Phi) is 6.92. The summed E-state index contributed by atoms with van der Waals surface area (Å²) in [5, 5.41) is 3.38. The smallest absolute Gasteiger partial charge is 0.256 e. The minimum Gasteiger partial charge on any atom is -0.451 e. The predicted molar refractivity (Wildman–Crippen MR) is 152 cm³/mol. The van der Waals surface area contributed by atoms with Crippen LogP contribution < -0.4 is 20.4 Å². The number of benzene rings is 2. The molecule has 0 bridgehead atoms. The van der Waals surface area contributed by atoms with E-state index >= 15 is 4.39 Å². The van der Waals surface area contributed by atoms with Crippen molar-refractivity contribution in [2.45, 2.75) is 32.2 Å². The third-order valence-corrected chi connectivity index (χ3v) is 8.52. The number of anilines is 1. The number of carbonyl (C=O) groups excluding carboxylic acids is 2. The van der Waals surface area contributed by atoms with Crippen LogP contribution in [0.2, 0.25) is 5.02 Å². The number of nitrogens with one attached hydrogen (secondary N) is 1. The van der Waals surface area contributed by atoms with E-state index in [1.165, 1.54) is 19.2 Å². The summed E-state index contributed by atoms with van der Waals surface area (Å²) in [4.78, 5) is 44.5. The maximum Gasteiger partial charge on any atom is 0.256 e. The topological polar surface area (TPSA) is 87.1 Å². The first-order chi connectivity index (χ1) is 19.2. The number of ether oxygens (including phenoxy) is 1. The maximum absolute atomic E-state index is 15.9. The second-order valence-electron chi connectivity index (χ2n) is 10.7. The second-order valence-corrected chi connectivity index (χ2v) is 11.1. The SMILES string of the molecule is CC(=O)N1CCN(c2c(F)cc3c(=O)c(C(=O)NCCC4CCCN4C)cn4c3c2Oc2cc(Cl)ccc2-4)CC1. The van der Waals surface area contributed by atoms with Crippen molar-refractivity contribution in [2.75, 3.05) is 51.2 Å². The number of rotatable bonds is 5. The van der Waals surface area contributed by atoms with Crippen molar-refractivity contribution in [1.82, 2.24) is 19.7 Å². The molecule has 3 aliphatic heterocycles. The van der Waals surface area contributed by atoms with Gasteiger partial charge in [-0.2, -0.15) is 0 Å². The number of piperazine rings is 1. The molecule has 3 aromatic rings. The number of likely N-dealkylation sites (tertiary alicyclic amines) is 1. The van der Waals surface area contributed by atoms with Gasteiger partial charge in [0.2, 0.25) is 11.3 Å². The van der Waals surface area contributed by atoms with Gasteiger partial charge in [-0.1, -0.05) is 11.6 Å². The van der Waals surface area contributed by atoms with Crippen molar-refractivity contribution in [3.8, 4) is 17.2 Å². The van der Waals surface area contributed by atoms with E-state index in [0.717, 1.165) is 25.8 Å². The van der Waals surface area contributed by atoms with Crippen LogP contribution in [0.5, 0.6) is 11.5 Å². The number of amides is 2. The number of fused-ring (bicyclic) bond motifs is 2. The largest absolute Gasteiger partial charge is 0.451 e. The van der Waals surface area contributed by atoms with Gasteiger partial charge in [0, 0.05) is 63.0 Å². The molecule has 0 aliphatic carbocycles. The number of pyridine rings is 1. The minimum atomic E-state index is -0.630. The highest BCUT2D eigenvalue weighted by Crippen LogP contribution is 2.47. The fourth-order valence-electron chi connectivity index (χ4n) is 6.07. The van der Waals surface area contributed by atoms with E-state index in [0.29, 0.717) is 60.7 Å². The first-order valence-corrected chi connectivity index (χ1v) is 14.0. The van der Waals surface area contributed by atoms with Gasteiger partial charge in [0.05, 0.1) is 11.1 Å². The van der Waals surface area contributed by atoms with Crippen LogP contribution >= 0.6 is 11.6 Å². The Morgan fingerprint density at radius 2 is 1.93 bits per heavy atom. The van der Waals surface area contributed by atoms with Crippen LogP contribution in [0.4, 0.5) is 10.1 Å². The molecular formula is C29H31ClFN5O4. The fourth-order valence-corrected chi connectivity index (χ4v) is 6.24. The number of hydrogen-bond donors (Lipinski definition) is 1. The molecule has 2 aromatic carbocycles. The van der Waals surface area contributed by atoms with Gasteiger partial charge in [-0.15, -0.1) is 0 Å². The minimum absolute atomic E-state index is 0.0327. The Morgan fingerprint density at radius 3 is 2.62 bits per heavy atom.